The Hall–Kier alpha value is -4.02. The van der Waals surface area contributed by atoms with Crippen LogP contribution in [0.1, 0.15) is 23.2 Å². The number of aryl methyl sites for hydroxylation is 1. The summed E-state index contributed by atoms with van der Waals surface area (Å²) >= 11 is 1.62. The molecule has 186 valence electrons. The molecule has 0 bridgehead atoms. The molecule has 1 aromatic carbocycles. The molecule has 10 heteroatoms. The van der Waals surface area contributed by atoms with Gasteiger partial charge in [0, 0.05) is 58.3 Å². The number of anilines is 1. The van der Waals surface area contributed by atoms with Crippen molar-refractivity contribution in [2.45, 2.75) is 18.9 Å². The van der Waals surface area contributed by atoms with E-state index in [0.29, 0.717) is 23.6 Å². The molecule has 0 spiro atoms. The highest BCUT2D eigenvalue weighted by Crippen LogP contribution is 2.38. The fourth-order valence-electron chi connectivity index (χ4n) is 4.74. The van der Waals surface area contributed by atoms with Gasteiger partial charge in [0.25, 0.3) is 5.91 Å². The van der Waals surface area contributed by atoms with Crippen LogP contribution in [-0.2, 0) is 7.05 Å². The number of pyridine rings is 2. The van der Waals surface area contributed by atoms with Gasteiger partial charge in [0.15, 0.2) is 0 Å². The smallest absolute Gasteiger partial charge is 0.262 e. The Bertz CT molecular complexity index is 1580. The van der Waals surface area contributed by atoms with Gasteiger partial charge in [0.05, 0.1) is 17.8 Å². The van der Waals surface area contributed by atoms with E-state index >= 15 is 4.39 Å². The quantitative estimate of drug-likeness (QED) is 0.367. The molecule has 5 aromatic rings. The second-order valence-electron chi connectivity index (χ2n) is 9.05. The molecule has 1 saturated heterocycles. The minimum atomic E-state index is -0.601. The molecule has 0 aliphatic carbocycles. The van der Waals surface area contributed by atoms with Gasteiger partial charge in [-0.1, -0.05) is 17.3 Å². The molecular formula is C27H24FN7OS. The molecule has 0 saturated carbocycles. The lowest BCUT2D eigenvalue weighted by molar-refractivity contribution is 0.0968. The van der Waals surface area contributed by atoms with Crippen molar-refractivity contribution in [2.75, 3.05) is 18.0 Å². The van der Waals surface area contributed by atoms with Crippen LogP contribution in [0, 0.1) is 5.82 Å². The molecule has 4 aromatic heterocycles. The van der Waals surface area contributed by atoms with E-state index in [-0.39, 0.29) is 11.6 Å². The predicted molar refractivity (Wildman–Crippen MR) is 142 cm³/mol. The molecule has 37 heavy (non-hydrogen) atoms. The third-order valence-corrected chi connectivity index (χ3v) is 7.70. The van der Waals surface area contributed by atoms with Crippen molar-refractivity contribution in [3.8, 4) is 21.7 Å². The number of amides is 1. The fourth-order valence-corrected chi connectivity index (χ4v) is 5.78. The summed E-state index contributed by atoms with van der Waals surface area (Å²) in [6.07, 6.45) is 8.70. The van der Waals surface area contributed by atoms with Gasteiger partial charge in [0.1, 0.15) is 17.3 Å². The minimum Gasteiger partial charge on any atom is -0.315 e. The summed E-state index contributed by atoms with van der Waals surface area (Å²) in [4.78, 5) is 25.6. The number of halogens is 1. The van der Waals surface area contributed by atoms with E-state index < -0.39 is 11.7 Å². The molecule has 1 N–H and O–H groups in total. The van der Waals surface area contributed by atoms with Gasteiger partial charge in [-0.2, -0.15) is 0 Å². The Morgan fingerprint density at radius 1 is 1.19 bits per heavy atom. The van der Waals surface area contributed by atoms with Gasteiger partial charge in [0.2, 0.25) is 0 Å². The Labute approximate surface area is 216 Å². The first-order chi connectivity index (χ1) is 18.1. The number of carbonyl (C=O) groups is 1. The third-order valence-electron chi connectivity index (χ3n) is 6.55. The molecule has 0 radical (unpaired) electrons. The van der Waals surface area contributed by atoms with Crippen molar-refractivity contribution >= 4 is 33.1 Å². The minimum absolute atomic E-state index is 0.000251. The van der Waals surface area contributed by atoms with Gasteiger partial charge in [-0.15, -0.1) is 16.4 Å². The summed E-state index contributed by atoms with van der Waals surface area (Å²) in [6.45, 7) is 1.50. The lowest BCUT2D eigenvalue weighted by Gasteiger charge is -2.34. The topological polar surface area (TPSA) is 88.8 Å². The third kappa shape index (κ3) is 4.49. The summed E-state index contributed by atoms with van der Waals surface area (Å²) in [5, 5.41) is 12.2. The van der Waals surface area contributed by atoms with Gasteiger partial charge in [-0.3, -0.25) is 19.4 Å². The maximum absolute atomic E-state index is 15.4. The first kappa shape index (κ1) is 23.4. The van der Waals surface area contributed by atoms with Crippen molar-refractivity contribution < 1.29 is 9.18 Å². The number of benzene rings is 1. The number of thiophene rings is 1. The summed E-state index contributed by atoms with van der Waals surface area (Å²) in [5.74, 6) is -0.471. The van der Waals surface area contributed by atoms with Crippen LogP contribution in [-0.4, -0.2) is 50.0 Å². The summed E-state index contributed by atoms with van der Waals surface area (Å²) in [5.41, 5.74) is 2.10. The molecule has 1 amide bonds. The molecule has 1 aliphatic rings. The van der Waals surface area contributed by atoms with E-state index in [4.69, 9.17) is 0 Å². The van der Waals surface area contributed by atoms with Gasteiger partial charge in [-0.05, 0) is 49.7 Å². The van der Waals surface area contributed by atoms with Crippen molar-refractivity contribution in [2.24, 2.45) is 7.05 Å². The lowest BCUT2D eigenvalue weighted by atomic mass is 10.0. The molecule has 0 unspecified atom stereocenters. The summed E-state index contributed by atoms with van der Waals surface area (Å²) < 4.78 is 18.0. The Balaban J connectivity index is 1.43. The van der Waals surface area contributed by atoms with Crippen molar-refractivity contribution in [3.05, 3.63) is 78.6 Å². The first-order valence-electron chi connectivity index (χ1n) is 12.1. The molecule has 1 atom stereocenters. The number of aromatic nitrogens is 5. The van der Waals surface area contributed by atoms with Gasteiger partial charge in [-0.25, -0.2) is 9.37 Å². The molecule has 5 heterocycles. The second-order valence-corrected chi connectivity index (χ2v) is 10.1. The number of hydrogen-bond acceptors (Lipinski definition) is 7. The van der Waals surface area contributed by atoms with Crippen LogP contribution in [0.5, 0.6) is 0 Å². The molecular weight excluding hydrogens is 489 g/mol. The van der Waals surface area contributed by atoms with Gasteiger partial charge < -0.3 is 5.32 Å². The van der Waals surface area contributed by atoms with Crippen molar-refractivity contribution in [1.82, 2.24) is 30.3 Å². The molecule has 1 fully saturated rings. The zero-order valence-electron chi connectivity index (χ0n) is 20.1. The molecule has 6 rings (SSSR count). The fraction of sp³-hybridized carbons (Fsp3) is 0.222. The van der Waals surface area contributed by atoms with Crippen LogP contribution in [0.4, 0.5) is 10.2 Å². The number of hydrogen-bond donors (Lipinski definition) is 1. The van der Waals surface area contributed by atoms with E-state index in [1.54, 1.807) is 52.6 Å². The maximum atomic E-state index is 15.4. The number of fused-ring (bicyclic) bond motifs is 1. The van der Waals surface area contributed by atoms with Crippen LogP contribution in [0.3, 0.4) is 0 Å². The zero-order valence-corrected chi connectivity index (χ0v) is 21.0. The van der Waals surface area contributed by atoms with Crippen molar-refractivity contribution in [1.29, 1.82) is 0 Å². The summed E-state index contributed by atoms with van der Waals surface area (Å²) in [6, 6.07) is 12.3. The highest BCUT2D eigenvalue weighted by atomic mass is 32.1. The second kappa shape index (κ2) is 9.79. The maximum Gasteiger partial charge on any atom is 0.262 e. The number of rotatable bonds is 5. The largest absolute Gasteiger partial charge is 0.315 e. The van der Waals surface area contributed by atoms with Gasteiger partial charge >= 0.3 is 0 Å². The van der Waals surface area contributed by atoms with E-state index in [2.05, 4.69) is 25.6 Å². The SMILES string of the molecule is Cn1cc(-c2ccc(C(=O)N(c3nccc4sc(-c5cccnc5)cc34)[C@@H]3CCCNC3)c(F)c2)nn1. The van der Waals surface area contributed by atoms with E-state index in [1.807, 2.05) is 30.5 Å². The Morgan fingerprint density at radius 3 is 2.84 bits per heavy atom. The van der Waals surface area contributed by atoms with Crippen LogP contribution in [0.15, 0.2) is 67.3 Å². The average Bonchev–Trinajstić information content (AvgIpc) is 3.57. The van der Waals surface area contributed by atoms with E-state index in [1.165, 1.54) is 12.1 Å². The molecule has 8 nitrogen and oxygen atoms in total. The van der Waals surface area contributed by atoms with E-state index in [9.17, 15) is 4.79 Å². The summed E-state index contributed by atoms with van der Waals surface area (Å²) in [7, 11) is 1.75. The zero-order chi connectivity index (χ0) is 25.4. The molecule has 1 aliphatic heterocycles. The Kier molecular flexibility index (Phi) is 6.19. The lowest BCUT2D eigenvalue weighted by Crippen LogP contribution is -2.49. The predicted octanol–water partition coefficient (Wildman–Crippen LogP) is 4.69. The number of nitrogens with zero attached hydrogens (tertiary/aromatic N) is 6. The van der Waals surface area contributed by atoms with Crippen LogP contribution >= 0.6 is 11.3 Å². The number of piperidine rings is 1. The highest BCUT2D eigenvalue weighted by Gasteiger charge is 2.32. The van der Waals surface area contributed by atoms with Crippen LogP contribution in [0.25, 0.3) is 31.8 Å². The van der Waals surface area contributed by atoms with Crippen molar-refractivity contribution in [3.63, 3.8) is 0 Å². The number of nitrogens with one attached hydrogen (secondary N) is 1. The Morgan fingerprint density at radius 2 is 2.11 bits per heavy atom. The first-order valence-corrected chi connectivity index (χ1v) is 12.9. The average molecular weight is 514 g/mol. The van der Waals surface area contributed by atoms with Crippen LogP contribution in [0.2, 0.25) is 0 Å². The number of carbonyl (C=O) groups excluding carboxylic acids is 1. The monoisotopic (exact) mass is 513 g/mol. The highest BCUT2D eigenvalue weighted by molar-refractivity contribution is 7.22. The standard InChI is InChI=1S/C27H24FN7OS/c1-34-16-23(32-33-34)17-6-7-20(22(28)12-17)27(36)35(19-5-3-10-30-15-19)26-21-13-25(18-4-2-9-29-14-18)37-24(21)8-11-31-26/h2,4,6-9,11-14,16,19,30H,3,5,10,15H2,1H3/t19-/m1/s1. The van der Waals surface area contributed by atoms with E-state index in [0.717, 1.165) is 39.9 Å². The van der Waals surface area contributed by atoms with Crippen LogP contribution < -0.4 is 10.2 Å². The normalized spacial score (nSPS) is 15.7.